The lowest BCUT2D eigenvalue weighted by Crippen LogP contribution is -2.53. The molecule has 1 aromatic heterocycles. The number of ether oxygens (including phenoxy) is 1. The van der Waals surface area contributed by atoms with Crippen LogP contribution in [0.15, 0.2) is 30.5 Å². The summed E-state index contributed by atoms with van der Waals surface area (Å²) in [7, 11) is 0. The number of hydrogen-bond acceptors (Lipinski definition) is 13. The lowest BCUT2D eigenvalue weighted by atomic mass is 10.1. The van der Waals surface area contributed by atoms with Crippen molar-refractivity contribution in [2.45, 2.75) is 19.3 Å². The molecule has 0 spiro atoms. The fourth-order valence-electron chi connectivity index (χ4n) is 7.52. The van der Waals surface area contributed by atoms with Crippen molar-refractivity contribution in [2.24, 2.45) is 0 Å². The SMILES string of the molecule is O=C(O)CN1CCN(CC(=O)O)CCN(CC(=O)N2CCN(CCCOc3ccc4nccc(C(=O)NCC(=O)N5CCCC5)c4c3)CC2)CCN(CC(=O)O)CC1. The van der Waals surface area contributed by atoms with Gasteiger partial charge in [-0.05, 0) is 43.5 Å². The molecule has 0 unspecified atom stereocenters. The maximum atomic E-state index is 13.5. The predicted molar refractivity (Wildman–Crippen MR) is 212 cm³/mol. The molecule has 2 aromatic rings. The molecule has 0 bridgehead atoms. The largest absolute Gasteiger partial charge is 0.494 e. The predicted octanol–water partition coefficient (Wildman–Crippen LogP) is -1.02. The quantitative estimate of drug-likeness (QED) is 0.149. The van der Waals surface area contributed by atoms with E-state index in [2.05, 4.69) is 15.2 Å². The third-order valence-electron chi connectivity index (χ3n) is 10.8. The number of carboxylic acid groups (broad SMARTS) is 3. The van der Waals surface area contributed by atoms with Gasteiger partial charge in [0.1, 0.15) is 5.75 Å². The molecule has 4 N–H and O–H groups in total. The maximum absolute atomic E-state index is 13.5. The van der Waals surface area contributed by atoms with E-state index in [0.717, 1.165) is 38.9 Å². The number of carbonyl (C=O) groups excluding carboxylic acids is 3. The highest BCUT2D eigenvalue weighted by Gasteiger charge is 2.25. The number of hydrogen-bond donors (Lipinski definition) is 4. The molecular weight excluding hydrogens is 754 g/mol. The number of benzene rings is 1. The lowest BCUT2D eigenvalue weighted by molar-refractivity contribution is -0.141. The van der Waals surface area contributed by atoms with Crippen LogP contribution in [0.2, 0.25) is 0 Å². The minimum absolute atomic E-state index is 0.0469. The fourth-order valence-corrected chi connectivity index (χ4v) is 7.52. The van der Waals surface area contributed by atoms with E-state index < -0.39 is 17.9 Å². The van der Waals surface area contributed by atoms with E-state index >= 15 is 0 Å². The molecule has 3 amide bonds. The molecule has 0 atom stereocenters. The van der Waals surface area contributed by atoms with Crippen molar-refractivity contribution >= 4 is 46.5 Å². The third kappa shape index (κ3) is 14.2. The van der Waals surface area contributed by atoms with E-state index in [-0.39, 0.29) is 50.4 Å². The molecule has 3 aliphatic rings. The minimum atomic E-state index is -1.01. The molecule has 5 rings (SSSR count). The molecule has 3 fully saturated rings. The van der Waals surface area contributed by atoms with Gasteiger partial charge in [0.05, 0.1) is 50.4 Å². The number of fused-ring (bicyclic) bond motifs is 1. The van der Waals surface area contributed by atoms with Gasteiger partial charge in [0.15, 0.2) is 0 Å². The van der Waals surface area contributed by atoms with Gasteiger partial charge in [-0.25, -0.2) is 0 Å². The maximum Gasteiger partial charge on any atom is 0.317 e. The first-order chi connectivity index (χ1) is 27.9. The Kier molecular flexibility index (Phi) is 17.0. The number of nitrogens with zero attached hydrogens (tertiary/aromatic N) is 8. The number of amides is 3. The zero-order chi connectivity index (χ0) is 41.4. The Morgan fingerprint density at radius 2 is 1.10 bits per heavy atom. The van der Waals surface area contributed by atoms with Gasteiger partial charge in [-0.1, -0.05) is 0 Å². The standard InChI is InChI=1S/C39H57N9O10/c49-34(47-9-1-2-10-47)25-41-39(57)31-6-7-40-33-5-4-30(24-32(31)33)58-23-3-8-42-19-21-48(22-20-42)35(50)26-43-11-13-44(27-36(51)52)15-17-46(29-38(55)56)18-16-45(14-12-43)28-37(53)54/h4-7,24H,1-3,8-23,25-29H2,(H,41,57)(H,51,52)(H,53,54)(H,55,56). The van der Waals surface area contributed by atoms with Crippen LogP contribution in [0.3, 0.4) is 0 Å². The van der Waals surface area contributed by atoms with Crippen molar-refractivity contribution in [3.63, 3.8) is 0 Å². The second-order valence-corrected chi connectivity index (χ2v) is 15.0. The van der Waals surface area contributed by atoms with Gasteiger partial charge in [0, 0.05) is 110 Å². The van der Waals surface area contributed by atoms with E-state index in [1.165, 1.54) is 0 Å². The smallest absolute Gasteiger partial charge is 0.317 e. The summed E-state index contributed by atoms with van der Waals surface area (Å²) in [6.45, 7) is 7.26. The van der Waals surface area contributed by atoms with Crippen LogP contribution in [0.4, 0.5) is 0 Å². The second-order valence-electron chi connectivity index (χ2n) is 15.0. The molecule has 1 aromatic carbocycles. The highest BCUT2D eigenvalue weighted by Crippen LogP contribution is 2.23. The fraction of sp³-hybridized carbons (Fsp3) is 0.615. The van der Waals surface area contributed by atoms with E-state index in [1.807, 2.05) is 15.9 Å². The first-order valence-electron chi connectivity index (χ1n) is 20.1. The monoisotopic (exact) mass is 811 g/mol. The number of pyridine rings is 1. The summed E-state index contributed by atoms with van der Waals surface area (Å²) < 4.78 is 6.06. The zero-order valence-electron chi connectivity index (χ0n) is 33.1. The highest BCUT2D eigenvalue weighted by molar-refractivity contribution is 6.07. The number of carbonyl (C=O) groups is 6. The Balaban J connectivity index is 1.07. The van der Waals surface area contributed by atoms with Gasteiger partial charge < -0.3 is 35.2 Å². The number of nitrogens with one attached hydrogen (secondary N) is 1. The molecule has 0 radical (unpaired) electrons. The van der Waals surface area contributed by atoms with Crippen molar-refractivity contribution in [1.82, 2.24) is 44.6 Å². The molecule has 3 saturated heterocycles. The zero-order valence-corrected chi connectivity index (χ0v) is 33.1. The summed E-state index contributed by atoms with van der Waals surface area (Å²) >= 11 is 0. The molecular formula is C39H57N9O10. The van der Waals surface area contributed by atoms with Crippen LogP contribution in [0, 0.1) is 0 Å². The van der Waals surface area contributed by atoms with Crippen LogP contribution in [-0.4, -0.2) is 228 Å². The topological polar surface area (TPSA) is 220 Å². The summed E-state index contributed by atoms with van der Waals surface area (Å²) in [5.41, 5.74) is 1.07. The molecule has 4 heterocycles. The number of piperazine rings is 1. The molecule has 318 valence electrons. The van der Waals surface area contributed by atoms with Gasteiger partial charge in [0.25, 0.3) is 5.91 Å². The van der Waals surface area contributed by atoms with Gasteiger partial charge in [-0.15, -0.1) is 0 Å². The normalized spacial score (nSPS) is 18.7. The molecule has 19 heteroatoms. The van der Waals surface area contributed by atoms with Gasteiger partial charge in [-0.2, -0.15) is 0 Å². The molecule has 3 aliphatic heterocycles. The number of rotatable bonds is 16. The third-order valence-corrected chi connectivity index (χ3v) is 10.8. The average Bonchev–Trinajstić information content (AvgIpc) is 3.74. The van der Waals surface area contributed by atoms with E-state index in [4.69, 9.17) is 4.74 Å². The first kappa shape index (κ1) is 44.2. The Morgan fingerprint density at radius 3 is 1.64 bits per heavy atom. The van der Waals surface area contributed by atoms with Crippen LogP contribution in [0.1, 0.15) is 29.6 Å². The van der Waals surface area contributed by atoms with Crippen molar-refractivity contribution in [3.8, 4) is 5.75 Å². The van der Waals surface area contributed by atoms with Crippen molar-refractivity contribution in [2.75, 3.05) is 138 Å². The molecule has 19 nitrogen and oxygen atoms in total. The average molecular weight is 812 g/mol. The Morgan fingerprint density at radius 1 is 0.603 bits per heavy atom. The summed E-state index contributed by atoms with van der Waals surface area (Å²) in [5, 5.41) is 31.8. The van der Waals surface area contributed by atoms with Crippen molar-refractivity contribution < 1.29 is 48.8 Å². The van der Waals surface area contributed by atoms with E-state index in [1.54, 1.807) is 44.0 Å². The van der Waals surface area contributed by atoms with Gasteiger partial charge in [-0.3, -0.25) is 58.3 Å². The van der Waals surface area contributed by atoms with Crippen LogP contribution < -0.4 is 10.1 Å². The lowest BCUT2D eigenvalue weighted by Gasteiger charge is -2.37. The molecule has 58 heavy (non-hydrogen) atoms. The Labute approximate surface area is 338 Å². The van der Waals surface area contributed by atoms with E-state index in [0.29, 0.717) is 107 Å². The van der Waals surface area contributed by atoms with E-state index in [9.17, 15) is 44.1 Å². The molecule has 0 saturated carbocycles. The van der Waals surface area contributed by atoms with Crippen LogP contribution >= 0.6 is 0 Å². The van der Waals surface area contributed by atoms with Gasteiger partial charge >= 0.3 is 17.9 Å². The number of likely N-dealkylation sites (tertiary alicyclic amines) is 1. The highest BCUT2D eigenvalue weighted by atomic mass is 16.5. The summed E-state index contributed by atoms with van der Waals surface area (Å²) in [4.78, 5) is 91.0. The van der Waals surface area contributed by atoms with Crippen LogP contribution in [0.25, 0.3) is 10.9 Å². The Hall–Kier alpha value is -4.95. The first-order valence-corrected chi connectivity index (χ1v) is 20.1. The number of aliphatic carboxylic acids is 3. The van der Waals surface area contributed by atoms with Gasteiger partial charge in [0.2, 0.25) is 11.8 Å². The second kappa shape index (κ2) is 22.3. The summed E-state index contributed by atoms with van der Waals surface area (Å²) in [6, 6.07) is 7.06. The van der Waals surface area contributed by atoms with Crippen LogP contribution in [-0.2, 0) is 24.0 Å². The van der Waals surface area contributed by atoms with Crippen molar-refractivity contribution in [3.05, 3.63) is 36.0 Å². The Bertz CT molecular complexity index is 1700. The number of carboxylic acids is 3. The van der Waals surface area contributed by atoms with Crippen LogP contribution in [0.5, 0.6) is 5.75 Å². The molecule has 0 aliphatic carbocycles. The minimum Gasteiger partial charge on any atom is -0.494 e. The number of aromatic nitrogens is 1. The summed E-state index contributed by atoms with van der Waals surface area (Å²) in [5.74, 6) is -2.88. The summed E-state index contributed by atoms with van der Waals surface area (Å²) in [6.07, 6.45) is 4.28. The van der Waals surface area contributed by atoms with Crippen molar-refractivity contribution in [1.29, 1.82) is 0 Å².